The normalized spacial score (nSPS) is 23.0. The molecule has 4 aromatic rings. The Kier molecular flexibility index (Phi) is 7.86. The van der Waals surface area contributed by atoms with Gasteiger partial charge < -0.3 is 30.3 Å². The van der Waals surface area contributed by atoms with Crippen molar-refractivity contribution in [2.24, 2.45) is 5.92 Å². The van der Waals surface area contributed by atoms with Gasteiger partial charge in [-0.15, -0.1) is 0 Å². The van der Waals surface area contributed by atoms with Crippen LogP contribution in [0.15, 0.2) is 48.8 Å². The van der Waals surface area contributed by atoms with E-state index in [2.05, 4.69) is 48.6 Å². The third-order valence-corrected chi connectivity index (χ3v) is 12.3. The van der Waals surface area contributed by atoms with Crippen molar-refractivity contribution in [1.29, 1.82) is 0 Å². The molecule has 0 atom stereocenters. The lowest BCUT2D eigenvalue weighted by atomic mass is 9.73. The summed E-state index contributed by atoms with van der Waals surface area (Å²) in [6.07, 6.45) is 10.8. The number of hydrogen-bond acceptors (Lipinski definition) is 7. The molecule has 0 radical (unpaired) electrons. The van der Waals surface area contributed by atoms with Crippen molar-refractivity contribution in [2.45, 2.75) is 82.2 Å². The number of H-pyrrole nitrogens is 1. The second-order valence-electron chi connectivity index (χ2n) is 15.4. The maximum absolute atomic E-state index is 14.8. The molecule has 11 nitrogen and oxygen atoms in total. The number of imidazole rings is 1. The van der Waals surface area contributed by atoms with Crippen LogP contribution in [0.2, 0.25) is 0 Å². The van der Waals surface area contributed by atoms with Crippen molar-refractivity contribution in [2.75, 3.05) is 43.4 Å². The zero-order valence-electron chi connectivity index (χ0n) is 29.5. The number of benzene rings is 2. The summed E-state index contributed by atoms with van der Waals surface area (Å²) in [5.41, 5.74) is 6.92. The van der Waals surface area contributed by atoms with E-state index in [1.165, 1.54) is 19.3 Å². The van der Waals surface area contributed by atoms with Crippen molar-refractivity contribution >= 4 is 45.9 Å². The first-order chi connectivity index (χ1) is 24.8. The molecule has 2 aromatic carbocycles. The molecule has 3 N–H and O–H groups in total. The molecule has 264 valence electrons. The zero-order chi connectivity index (χ0) is 34.9. The van der Waals surface area contributed by atoms with E-state index in [1.807, 2.05) is 36.1 Å². The number of fused-ring (bicyclic) bond motifs is 3. The van der Waals surface area contributed by atoms with Crippen LogP contribution in [0, 0.1) is 12.8 Å². The summed E-state index contributed by atoms with van der Waals surface area (Å²) in [5.74, 6) is 1.10. The number of nitrogens with zero attached hydrogens (tertiary/aromatic N) is 5. The number of aryl methyl sites for hydroxylation is 1. The lowest BCUT2D eigenvalue weighted by Gasteiger charge is -2.48. The number of aromatic nitrogens is 3. The van der Waals surface area contributed by atoms with E-state index in [0.29, 0.717) is 48.9 Å². The van der Waals surface area contributed by atoms with Crippen LogP contribution in [0.1, 0.15) is 79.3 Å². The average Bonchev–Trinajstić information content (AvgIpc) is 3.84. The second kappa shape index (κ2) is 12.5. The minimum absolute atomic E-state index is 0.147. The molecule has 51 heavy (non-hydrogen) atoms. The smallest absolute Gasteiger partial charge is 0.251 e. The van der Waals surface area contributed by atoms with Gasteiger partial charge in [-0.05, 0) is 107 Å². The van der Waals surface area contributed by atoms with E-state index < -0.39 is 5.41 Å². The number of nitrogens with one attached hydrogen (secondary N) is 3. The van der Waals surface area contributed by atoms with E-state index in [-0.39, 0.29) is 29.7 Å². The molecule has 1 spiro atoms. The Morgan fingerprint density at radius 2 is 1.73 bits per heavy atom. The Hall–Kier alpha value is -4.77. The Balaban J connectivity index is 1.06. The lowest BCUT2D eigenvalue weighted by Crippen LogP contribution is -2.58. The number of piperidine rings is 2. The van der Waals surface area contributed by atoms with Crippen molar-refractivity contribution in [3.05, 3.63) is 65.5 Å². The molecule has 9 rings (SSSR count). The topological polar surface area (TPSA) is 127 Å². The molecule has 5 heterocycles. The molecule has 4 fully saturated rings. The predicted octanol–water partition coefficient (Wildman–Crippen LogP) is 5.67. The van der Waals surface area contributed by atoms with Gasteiger partial charge in [0.1, 0.15) is 5.52 Å². The van der Waals surface area contributed by atoms with Crippen molar-refractivity contribution < 1.29 is 14.4 Å². The fourth-order valence-electron chi connectivity index (χ4n) is 9.04. The number of likely N-dealkylation sites (tertiary alicyclic amines) is 2. The summed E-state index contributed by atoms with van der Waals surface area (Å²) in [4.78, 5) is 60.0. The highest BCUT2D eigenvalue weighted by Gasteiger charge is 2.56. The Labute approximate surface area is 298 Å². The molecule has 3 aliphatic heterocycles. The van der Waals surface area contributed by atoms with E-state index in [4.69, 9.17) is 4.98 Å². The Morgan fingerprint density at radius 3 is 2.47 bits per heavy atom. The van der Waals surface area contributed by atoms with Gasteiger partial charge in [0.15, 0.2) is 5.82 Å². The van der Waals surface area contributed by atoms with Gasteiger partial charge in [-0.2, -0.15) is 0 Å². The van der Waals surface area contributed by atoms with E-state index in [9.17, 15) is 14.4 Å². The summed E-state index contributed by atoms with van der Waals surface area (Å²) in [6, 6.07) is 14.8. The highest BCUT2D eigenvalue weighted by atomic mass is 16.2. The fraction of sp³-hybridized carbons (Fsp3) is 0.475. The van der Waals surface area contributed by atoms with Crippen LogP contribution in [0.3, 0.4) is 0 Å². The predicted molar refractivity (Wildman–Crippen MR) is 197 cm³/mol. The number of aromatic amines is 1. The molecule has 2 aromatic heterocycles. The van der Waals surface area contributed by atoms with Crippen LogP contribution in [0.25, 0.3) is 22.3 Å². The van der Waals surface area contributed by atoms with Gasteiger partial charge in [-0.25, -0.2) is 9.97 Å². The monoisotopic (exact) mass is 686 g/mol. The van der Waals surface area contributed by atoms with E-state index in [0.717, 1.165) is 78.0 Å². The average molecular weight is 687 g/mol. The van der Waals surface area contributed by atoms with Crippen LogP contribution in [-0.2, 0) is 15.0 Å². The van der Waals surface area contributed by atoms with Crippen LogP contribution in [-0.4, -0.2) is 87.8 Å². The highest BCUT2D eigenvalue weighted by Crippen LogP contribution is 2.52. The number of rotatable bonds is 7. The number of amides is 3. The molecule has 0 unspecified atom stereocenters. The minimum atomic E-state index is -0.605. The highest BCUT2D eigenvalue weighted by molar-refractivity contribution is 6.09. The number of carbonyl (C=O) groups is 3. The molecule has 2 saturated heterocycles. The fourth-order valence-corrected chi connectivity index (χ4v) is 9.04. The maximum atomic E-state index is 14.8. The summed E-state index contributed by atoms with van der Waals surface area (Å²) in [5, 5.41) is 6.15. The molecule has 5 aliphatic rings. The third-order valence-electron chi connectivity index (χ3n) is 12.3. The number of carbonyl (C=O) groups excluding carboxylic acids is 3. The SMILES string of the molecule is CNC(=O)c1cc(Nc2nc(-c3ccc4c(c3)N(C3CC(N5CCCCC5)C3)C(=O)C43CCN(C(=O)C4CC4)CC3)cc3[nH]cnc23)ccc1C. The number of hydrogen-bond donors (Lipinski definition) is 3. The summed E-state index contributed by atoms with van der Waals surface area (Å²) in [7, 11) is 1.63. The molecular formula is C40H46N8O3. The number of pyridine rings is 1. The summed E-state index contributed by atoms with van der Waals surface area (Å²) >= 11 is 0. The zero-order valence-corrected chi connectivity index (χ0v) is 29.5. The Bertz CT molecular complexity index is 2030. The standard InChI is InChI=1S/C40H46N8O3/c1-24-6-10-27(19-30(24)37(49)41-2)44-36-35-33(42-23-43-35)22-32(45-36)26-9-11-31-34(18-26)48(29-20-28(21-29)46-14-4-3-5-15-46)39(51)40(31)12-16-47(17-13-40)38(50)25-7-8-25/h6,9-11,18-19,22-23,25,28-29H,3-5,7-8,12-17,20-21H2,1-2H3,(H,41,49)(H,42,43)(H,44,45). The number of anilines is 3. The van der Waals surface area contributed by atoms with Crippen molar-refractivity contribution in [1.82, 2.24) is 30.1 Å². The Morgan fingerprint density at radius 1 is 0.941 bits per heavy atom. The molecule has 2 saturated carbocycles. The molecule has 11 heteroatoms. The first-order valence-corrected chi connectivity index (χ1v) is 18.8. The van der Waals surface area contributed by atoms with E-state index >= 15 is 0 Å². The minimum Gasteiger partial charge on any atom is -0.355 e. The van der Waals surface area contributed by atoms with Crippen molar-refractivity contribution in [3.8, 4) is 11.3 Å². The molecule has 2 aliphatic carbocycles. The molecule has 0 bridgehead atoms. The van der Waals surface area contributed by atoms with Gasteiger partial charge in [-0.3, -0.25) is 14.4 Å². The van der Waals surface area contributed by atoms with Crippen LogP contribution in [0.5, 0.6) is 0 Å². The van der Waals surface area contributed by atoms with Gasteiger partial charge in [0.2, 0.25) is 11.8 Å². The second-order valence-corrected chi connectivity index (χ2v) is 15.4. The third kappa shape index (κ3) is 5.48. The van der Waals surface area contributed by atoms with Crippen LogP contribution >= 0.6 is 0 Å². The van der Waals surface area contributed by atoms with Gasteiger partial charge in [0.25, 0.3) is 5.91 Å². The molecule has 3 amide bonds. The molecular weight excluding hydrogens is 640 g/mol. The largest absolute Gasteiger partial charge is 0.355 e. The van der Waals surface area contributed by atoms with Crippen LogP contribution in [0.4, 0.5) is 17.2 Å². The van der Waals surface area contributed by atoms with Gasteiger partial charge in [-0.1, -0.05) is 24.6 Å². The lowest BCUT2D eigenvalue weighted by molar-refractivity contribution is -0.137. The van der Waals surface area contributed by atoms with E-state index in [1.54, 1.807) is 13.4 Å². The van der Waals surface area contributed by atoms with Gasteiger partial charge >= 0.3 is 0 Å². The maximum Gasteiger partial charge on any atom is 0.251 e. The van der Waals surface area contributed by atoms with Gasteiger partial charge in [0, 0.05) is 60.6 Å². The summed E-state index contributed by atoms with van der Waals surface area (Å²) in [6.45, 7) is 5.50. The van der Waals surface area contributed by atoms with Crippen molar-refractivity contribution in [3.63, 3.8) is 0 Å². The quantitative estimate of drug-likeness (QED) is 0.229. The van der Waals surface area contributed by atoms with Gasteiger partial charge in [0.05, 0.1) is 23.0 Å². The summed E-state index contributed by atoms with van der Waals surface area (Å²) < 4.78 is 0. The first-order valence-electron chi connectivity index (χ1n) is 18.8. The first kappa shape index (κ1) is 32.2. The van der Waals surface area contributed by atoms with Crippen LogP contribution < -0.4 is 15.5 Å².